The van der Waals surface area contributed by atoms with Crippen molar-refractivity contribution in [3.05, 3.63) is 41.6 Å². The second-order valence-electron chi connectivity index (χ2n) is 5.12. The zero-order valence-corrected chi connectivity index (χ0v) is 10.0. The van der Waals surface area contributed by atoms with Gasteiger partial charge < -0.3 is 9.88 Å². The van der Waals surface area contributed by atoms with Crippen LogP contribution in [-0.4, -0.2) is 17.2 Å². The van der Waals surface area contributed by atoms with Gasteiger partial charge in [0.15, 0.2) is 0 Å². The lowest BCUT2D eigenvalue weighted by Crippen LogP contribution is -2.37. The summed E-state index contributed by atoms with van der Waals surface area (Å²) in [5.41, 5.74) is 5.82. The molecule has 0 saturated carbocycles. The number of rotatable bonds is 0. The maximum atomic E-state index is 3.64. The molecule has 1 atom stereocenters. The zero-order chi connectivity index (χ0) is 11.4. The summed E-state index contributed by atoms with van der Waals surface area (Å²) in [5, 5.41) is 5.11. The third kappa shape index (κ3) is 1.19. The third-order valence-corrected chi connectivity index (χ3v) is 4.10. The molecule has 1 aliphatic carbocycles. The molecule has 0 radical (unpaired) electrons. The quantitative estimate of drug-likeness (QED) is 0.727. The maximum Gasteiger partial charge on any atom is 0.0486 e. The Labute approximate surface area is 101 Å². The first-order valence-electron chi connectivity index (χ1n) is 6.35. The van der Waals surface area contributed by atoms with E-state index < -0.39 is 0 Å². The number of aromatic nitrogens is 1. The number of fused-ring (bicyclic) bond motifs is 2. The molecule has 17 heavy (non-hydrogen) atoms. The maximum absolute atomic E-state index is 3.64. The molecule has 0 fully saturated rings. The van der Waals surface area contributed by atoms with Crippen LogP contribution < -0.4 is 5.32 Å². The van der Waals surface area contributed by atoms with Gasteiger partial charge in [-0.25, -0.2) is 0 Å². The average Bonchev–Trinajstić information content (AvgIpc) is 2.68. The van der Waals surface area contributed by atoms with Crippen LogP contribution in [0.1, 0.15) is 17.5 Å². The zero-order valence-electron chi connectivity index (χ0n) is 10.0. The molecule has 1 aromatic carbocycles. The summed E-state index contributed by atoms with van der Waals surface area (Å²) in [6, 6.07) is 7.21. The Morgan fingerprint density at radius 1 is 1.35 bits per heavy atom. The summed E-state index contributed by atoms with van der Waals surface area (Å²) < 4.78 is 2.26. The highest BCUT2D eigenvalue weighted by Gasteiger charge is 2.27. The molecule has 2 heteroatoms. The molecule has 4 rings (SSSR count). The van der Waals surface area contributed by atoms with Crippen LogP contribution in [0, 0.1) is 0 Å². The van der Waals surface area contributed by atoms with Crippen molar-refractivity contribution in [3.8, 4) is 0 Å². The van der Waals surface area contributed by atoms with Crippen LogP contribution in [0.25, 0.3) is 16.5 Å². The molecule has 0 bridgehead atoms. The normalized spacial score (nSPS) is 22.4. The number of aryl methyl sites for hydroxylation is 1. The Morgan fingerprint density at radius 3 is 3.24 bits per heavy atom. The fourth-order valence-electron chi connectivity index (χ4n) is 3.37. The second kappa shape index (κ2) is 3.23. The van der Waals surface area contributed by atoms with E-state index in [1.807, 2.05) is 0 Å². The number of nitrogens with zero attached hydrogens (tertiary/aromatic N) is 1. The van der Waals surface area contributed by atoms with E-state index in [2.05, 4.69) is 47.4 Å². The van der Waals surface area contributed by atoms with E-state index >= 15 is 0 Å². The highest BCUT2D eigenvalue weighted by Crippen LogP contribution is 2.38. The van der Waals surface area contributed by atoms with E-state index in [0.717, 1.165) is 19.4 Å². The third-order valence-electron chi connectivity index (χ3n) is 4.10. The molecule has 1 aliphatic heterocycles. The summed E-state index contributed by atoms with van der Waals surface area (Å²) in [7, 11) is 2.15. The van der Waals surface area contributed by atoms with Crippen molar-refractivity contribution in [1.82, 2.24) is 9.88 Å². The van der Waals surface area contributed by atoms with E-state index in [4.69, 9.17) is 0 Å². The van der Waals surface area contributed by atoms with Gasteiger partial charge in [0.25, 0.3) is 0 Å². The number of nitrogens with one attached hydrogen (secondary N) is 1. The van der Waals surface area contributed by atoms with E-state index in [1.165, 1.54) is 27.6 Å². The smallest absolute Gasteiger partial charge is 0.0486 e. The predicted molar refractivity (Wildman–Crippen MR) is 71.0 cm³/mol. The van der Waals surface area contributed by atoms with E-state index in [1.54, 1.807) is 0 Å². The van der Waals surface area contributed by atoms with Crippen LogP contribution >= 0.6 is 0 Å². The van der Waals surface area contributed by atoms with Gasteiger partial charge in [-0.1, -0.05) is 18.2 Å². The highest BCUT2D eigenvalue weighted by molar-refractivity contribution is 5.98. The molecular formula is C15H16N2. The summed E-state index contributed by atoms with van der Waals surface area (Å²) >= 11 is 0. The van der Waals surface area contributed by atoms with Gasteiger partial charge in [0, 0.05) is 30.2 Å². The lowest BCUT2D eigenvalue weighted by Gasteiger charge is -2.30. The lowest BCUT2D eigenvalue weighted by atomic mass is 9.83. The molecule has 2 aliphatic rings. The molecule has 0 saturated heterocycles. The Hall–Kier alpha value is -1.54. The average molecular weight is 224 g/mol. The number of benzene rings is 1. The molecular weight excluding hydrogens is 208 g/mol. The SMILES string of the molecule is Cn1cc2c3c(cccc31)C1=CCCNC1C2. The monoisotopic (exact) mass is 224 g/mol. The van der Waals surface area contributed by atoms with Gasteiger partial charge in [0.1, 0.15) is 0 Å². The van der Waals surface area contributed by atoms with Gasteiger partial charge in [0.05, 0.1) is 0 Å². The molecule has 2 aromatic rings. The molecule has 2 nitrogen and oxygen atoms in total. The minimum atomic E-state index is 0.532. The highest BCUT2D eigenvalue weighted by atomic mass is 14.9. The van der Waals surface area contributed by atoms with Crippen LogP contribution in [0.2, 0.25) is 0 Å². The lowest BCUT2D eigenvalue weighted by molar-refractivity contribution is 0.585. The van der Waals surface area contributed by atoms with Crippen molar-refractivity contribution in [1.29, 1.82) is 0 Å². The van der Waals surface area contributed by atoms with Gasteiger partial charge in [-0.05, 0) is 42.2 Å². The Balaban J connectivity index is 2.09. The van der Waals surface area contributed by atoms with Crippen molar-refractivity contribution in [2.75, 3.05) is 6.54 Å². The molecule has 2 heterocycles. The first kappa shape index (κ1) is 9.49. The van der Waals surface area contributed by atoms with Gasteiger partial charge in [-0.15, -0.1) is 0 Å². The predicted octanol–water partition coefficient (Wildman–Crippen LogP) is 2.48. The van der Waals surface area contributed by atoms with Gasteiger partial charge in [0.2, 0.25) is 0 Å². The van der Waals surface area contributed by atoms with E-state index in [0.29, 0.717) is 6.04 Å². The first-order chi connectivity index (χ1) is 8.34. The molecule has 1 unspecified atom stereocenters. The Kier molecular flexibility index (Phi) is 1.80. The fraction of sp³-hybridized carbons (Fsp3) is 0.333. The van der Waals surface area contributed by atoms with E-state index in [9.17, 15) is 0 Å². The van der Waals surface area contributed by atoms with Gasteiger partial charge >= 0.3 is 0 Å². The second-order valence-corrected chi connectivity index (χ2v) is 5.12. The van der Waals surface area contributed by atoms with Crippen LogP contribution in [-0.2, 0) is 13.5 Å². The van der Waals surface area contributed by atoms with Crippen LogP contribution in [0.15, 0.2) is 30.5 Å². The molecule has 0 spiro atoms. The Bertz CT molecular complexity index is 634. The first-order valence-corrected chi connectivity index (χ1v) is 6.35. The van der Waals surface area contributed by atoms with Crippen molar-refractivity contribution in [3.63, 3.8) is 0 Å². The fourth-order valence-corrected chi connectivity index (χ4v) is 3.37. The minimum Gasteiger partial charge on any atom is -0.350 e. The molecule has 0 amide bonds. The van der Waals surface area contributed by atoms with E-state index in [-0.39, 0.29) is 0 Å². The van der Waals surface area contributed by atoms with Gasteiger partial charge in [-0.2, -0.15) is 0 Å². The molecule has 1 N–H and O–H groups in total. The van der Waals surface area contributed by atoms with Crippen molar-refractivity contribution in [2.45, 2.75) is 18.9 Å². The largest absolute Gasteiger partial charge is 0.350 e. The van der Waals surface area contributed by atoms with Gasteiger partial charge in [-0.3, -0.25) is 0 Å². The van der Waals surface area contributed by atoms with Crippen molar-refractivity contribution < 1.29 is 0 Å². The summed E-state index contributed by atoms with van der Waals surface area (Å²) in [6.45, 7) is 1.12. The summed E-state index contributed by atoms with van der Waals surface area (Å²) in [5.74, 6) is 0. The number of hydrogen-bond acceptors (Lipinski definition) is 1. The summed E-state index contributed by atoms with van der Waals surface area (Å²) in [6.07, 6.45) is 7.01. The van der Waals surface area contributed by atoms with Crippen molar-refractivity contribution >= 4 is 16.5 Å². The van der Waals surface area contributed by atoms with Crippen LogP contribution in [0.5, 0.6) is 0 Å². The summed E-state index contributed by atoms with van der Waals surface area (Å²) in [4.78, 5) is 0. The van der Waals surface area contributed by atoms with Crippen LogP contribution in [0.4, 0.5) is 0 Å². The minimum absolute atomic E-state index is 0.532. The number of hydrogen-bond donors (Lipinski definition) is 1. The Morgan fingerprint density at radius 2 is 2.29 bits per heavy atom. The topological polar surface area (TPSA) is 17.0 Å². The molecule has 86 valence electrons. The standard InChI is InChI=1S/C15H16N2/c1-17-9-10-8-13-11(5-3-7-16-13)12-4-2-6-14(17)15(10)12/h2,4-6,9,13,16H,3,7-8H2,1H3. The molecule has 1 aromatic heterocycles. The van der Waals surface area contributed by atoms with Crippen LogP contribution in [0.3, 0.4) is 0 Å². The van der Waals surface area contributed by atoms with Crippen molar-refractivity contribution in [2.24, 2.45) is 7.05 Å².